The maximum atomic E-state index is 12.0. The van der Waals surface area contributed by atoms with E-state index < -0.39 is 11.9 Å². The van der Waals surface area contributed by atoms with Crippen molar-refractivity contribution in [1.82, 2.24) is 0 Å². The normalized spacial score (nSPS) is 10.2. The third-order valence-corrected chi connectivity index (χ3v) is 4.21. The van der Waals surface area contributed by atoms with Crippen LogP contribution in [0.15, 0.2) is 29.6 Å². The summed E-state index contributed by atoms with van der Waals surface area (Å²) in [5, 5.41) is 4.48. The van der Waals surface area contributed by atoms with Crippen molar-refractivity contribution in [3.63, 3.8) is 0 Å². The number of hydrogen-bond acceptors (Lipinski definition) is 6. The van der Waals surface area contributed by atoms with Crippen LogP contribution in [-0.2, 0) is 9.53 Å². The molecule has 1 aromatic carbocycles. The molecule has 1 amide bonds. The Morgan fingerprint density at radius 1 is 1.08 bits per heavy atom. The molecule has 0 aliphatic rings. The van der Waals surface area contributed by atoms with E-state index in [9.17, 15) is 9.59 Å². The third-order valence-electron chi connectivity index (χ3n) is 3.21. The Morgan fingerprint density at radius 2 is 1.80 bits per heavy atom. The minimum atomic E-state index is -0.496. The molecule has 0 bridgehead atoms. The van der Waals surface area contributed by atoms with E-state index in [1.165, 1.54) is 11.3 Å². The minimum Gasteiger partial charge on any atom is -0.490 e. The highest BCUT2D eigenvalue weighted by atomic mass is 32.1. The number of amides is 1. The average Bonchev–Trinajstić information content (AvgIpc) is 3.01. The van der Waals surface area contributed by atoms with Crippen molar-refractivity contribution >= 4 is 28.9 Å². The second kappa shape index (κ2) is 9.08. The Morgan fingerprint density at radius 3 is 2.44 bits per heavy atom. The number of esters is 1. The third kappa shape index (κ3) is 5.22. The van der Waals surface area contributed by atoms with Gasteiger partial charge in [0, 0.05) is 11.8 Å². The van der Waals surface area contributed by atoms with Gasteiger partial charge in [-0.2, -0.15) is 0 Å². The van der Waals surface area contributed by atoms with Gasteiger partial charge in [0.1, 0.15) is 4.88 Å². The second-order valence-corrected chi connectivity index (χ2v) is 6.00. The Kier molecular flexibility index (Phi) is 6.82. The number of hydrogen-bond donors (Lipinski definition) is 1. The predicted octanol–water partition coefficient (Wildman–Crippen LogP) is 3.65. The highest BCUT2D eigenvalue weighted by molar-refractivity contribution is 7.12. The van der Waals surface area contributed by atoms with E-state index in [-0.39, 0.29) is 6.61 Å². The van der Waals surface area contributed by atoms with Gasteiger partial charge in [-0.1, -0.05) is 0 Å². The molecule has 7 heteroatoms. The first-order chi connectivity index (χ1) is 12.0. The summed E-state index contributed by atoms with van der Waals surface area (Å²) < 4.78 is 16.0. The lowest BCUT2D eigenvalue weighted by Crippen LogP contribution is -2.20. The fourth-order valence-electron chi connectivity index (χ4n) is 2.10. The van der Waals surface area contributed by atoms with Gasteiger partial charge in [0.25, 0.3) is 5.91 Å². The average molecular weight is 363 g/mol. The van der Waals surface area contributed by atoms with Crippen molar-refractivity contribution in [2.75, 3.05) is 25.1 Å². The van der Waals surface area contributed by atoms with E-state index in [0.717, 1.165) is 5.56 Å². The molecular formula is C18H21NO5S. The van der Waals surface area contributed by atoms with E-state index in [0.29, 0.717) is 35.3 Å². The quantitative estimate of drug-likeness (QED) is 0.725. The summed E-state index contributed by atoms with van der Waals surface area (Å²) in [5.41, 5.74) is 1.38. The van der Waals surface area contributed by atoms with Gasteiger partial charge in [-0.3, -0.25) is 4.79 Å². The molecule has 0 aliphatic carbocycles. The largest absolute Gasteiger partial charge is 0.490 e. The molecule has 2 aromatic rings. The fourth-order valence-corrected chi connectivity index (χ4v) is 2.92. The van der Waals surface area contributed by atoms with Crippen LogP contribution in [0.3, 0.4) is 0 Å². The zero-order valence-corrected chi connectivity index (χ0v) is 15.3. The van der Waals surface area contributed by atoms with Crippen LogP contribution >= 0.6 is 11.3 Å². The smallest absolute Gasteiger partial charge is 0.349 e. The molecule has 134 valence electrons. The molecule has 0 radical (unpaired) electrons. The maximum Gasteiger partial charge on any atom is 0.349 e. The van der Waals surface area contributed by atoms with Crippen LogP contribution < -0.4 is 14.8 Å². The van der Waals surface area contributed by atoms with Gasteiger partial charge < -0.3 is 19.5 Å². The van der Waals surface area contributed by atoms with Crippen molar-refractivity contribution in [3.05, 3.63) is 40.1 Å². The van der Waals surface area contributed by atoms with Gasteiger partial charge in [-0.05, 0) is 49.9 Å². The Balaban J connectivity index is 1.94. The molecule has 0 saturated carbocycles. The number of benzene rings is 1. The maximum absolute atomic E-state index is 12.0. The minimum absolute atomic E-state index is 0.354. The van der Waals surface area contributed by atoms with Crippen molar-refractivity contribution in [1.29, 1.82) is 0 Å². The molecule has 6 nitrogen and oxygen atoms in total. The molecular weight excluding hydrogens is 342 g/mol. The molecule has 0 spiro atoms. The Labute approximate surface area is 150 Å². The van der Waals surface area contributed by atoms with Crippen LogP contribution in [0.2, 0.25) is 0 Å². The highest BCUT2D eigenvalue weighted by Crippen LogP contribution is 2.30. The molecule has 2 rings (SSSR count). The summed E-state index contributed by atoms with van der Waals surface area (Å²) in [7, 11) is 0. The first-order valence-corrected chi connectivity index (χ1v) is 8.83. The van der Waals surface area contributed by atoms with E-state index in [1.54, 1.807) is 23.6 Å². The molecule has 0 fully saturated rings. The zero-order valence-electron chi connectivity index (χ0n) is 14.5. The summed E-state index contributed by atoms with van der Waals surface area (Å²) in [4.78, 5) is 24.4. The molecule has 0 saturated heterocycles. The standard InChI is InChI=1S/C18H21NO5S/c1-4-22-14-7-6-13(10-15(14)23-5-2)19-16(20)11-24-18(21)17-12(3)8-9-25-17/h6-10H,4-5,11H2,1-3H3,(H,19,20). The molecule has 25 heavy (non-hydrogen) atoms. The fraction of sp³-hybridized carbons (Fsp3) is 0.333. The van der Waals surface area contributed by atoms with Crippen LogP contribution in [0.1, 0.15) is 29.1 Å². The van der Waals surface area contributed by atoms with Crippen molar-refractivity contribution < 1.29 is 23.8 Å². The van der Waals surface area contributed by atoms with Gasteiger partial charge in [0.2, 0.25) is 0 Å². The summed E-state index contributed by atoms with van der Waals surface area (Å²) in [5.74, 6) is 0.244. The summed E-state index contributed by atoms with van der Waals surface area (Å²) >= 11 is 1.29. The number of thiophene rings is 1. The molecule has 1 heterocycles. The highest BCUT2D eigenvalue weighted by Gasteiger charge is 2.14. The lowest BCUT2D eigenvalue weighted by atomic mass is 10.2. The van der Waals surface area contributed by atoms with E-state index in [4.69, 9.17) is 14.2 Å². The van der Waals surface area contributed by atoms with Crippen LogP contribution in [0, 0.1) is 6.92 Å². The summed E-state index contributed by atoms with van der Waals surface area (Å²) in [6.07, 6.45) is 0. The first-order valence-electron chi connectivity index (χ1n) is 7.95. The lowest BCUT2D eigenvalue weighted by molar-refractivity contribution is -0.119. The second-order valence-electron chi connectivity index (χ2n) is 5.08. The molecule has 1 N–H and O–H groups in total. The molecule has 1 aromatic heterocycles. The monoisotopic (exact) mass is 363 g/mol. The van der Waals surface area contributed by atoms with Gasteiger partial charge in [-0.25, -0.2) is 4.79 Å². The lowest BCUT2D eigenvalue weighted by Gasteiger charge is -2.13. The van der Waals surface area contributed by atoms with Crippen LogP contribution in [0.5, 0.6) is 11.5 Å². The number of nitrogens with one attached hydrogen (secondary N) is 1. The van der Waals surface area contributed by atoms with E-state index in [2.05, 4.69) is 5.32 Å². The summed E-state index contributed by atoms with van der Waals surface area (Å²) in [6, 6.07) is 6.94. The van der Waals surface area contributed by atoms with Gasteiger partial charge in [0.05, 0.1) is 13.2 Å². The van der Waals surface area contributed by atoms with E-state index in [1.807, 2.05) is 26.8 Å². The molecule has 0 unspecified atom stereocenters. The zero-order chi connectivity index (χ0) is 18.2. The number of carbonyl (C=O) groups excluding carboxylic acids is 2. The SMILES string of the molecule is CCOc1ccc(NC(=O)COC(=O)c2sccc2C)cc1OCC. The summed E-state index contributed by atoms with van der Waals surface area (Å²) in [6.45, 7) is 6.22. The van der Waals surface area contributed by atoms with Crippen LogP contribution in [0.4, 0.5) is 5.69 Å². The van der Waals surface area contributed by atoms with Crippen LogP contribution in [-0.4, -0.2) is 31.7 Å². The number of anilines is 1. The van der Waals surface area contributed by atoms with Gasteiger partial charge in [-0.15, -0.1) is 11.3 Å². The van der Waals surface area contributed by atoms with Crippen molar-refractivity contribution in [2.24, 2.45) is 0 Å². The van der Waals surface area contributed by atoms with Crippen molar-refractivity contribution in [3.8, 4) is 11.5 Å². The van der Waals surface area contributed by atoms with Crippen LogP contribution in [0.25, 0.3) is 0 Å². The van der Waals surface area contributed by atoms with E-state index >= 15 is 0 Å². The number of ether oxygens (including phenoxy) is 3. The van der Waals surface area contributed by atoms with Gasteiger partial charge in [0.15, 0.2) is 18.1 Å². The van der Waals surface area contributed by atoms with Gasteiger partial charge >= 0.3 is 5.97 Å². The number of aryl methyl sites for hydroxylation is 1. The topological polar surface area (TPSA) is 73.9 Å². The number of carbonyl (C=O) groups is 2. The Bertz CT molecular complexity index is 741. The number of rotatable bonds is 8. The van der Waals surface area contributed by atoms with Crippen molar-refractivity contribution in [2.45, 2.75) is 20.8 Å². The molecule has 0 atom stereocenters. The first kappa shape index (κ1) is 18.8. The predicted molar refractivity (Wildman–Crippen MR) is 96.7 cm³/mol. The molecule has 0 aliphatic heterocycles. The Hall–Kier alpha value is -2.54.